The van der Waals surface area contributed by atoms with E-state index in [9.17, 15) is 0 Å². The molecule has 1 aliphatic heterocycles. The number of hydrogen-bond acceptors (Lipinski definition) is 5. The van der Waals surface area contributed by atoms with Gasteiger partial charge in [0.05, 0.1) is 6.54 Å². The Labute approximate surface area is 119 Å². The van der Waals surface area contributed by atoms with Crippen LogP contribution in [0.1, 0.15) is 56.7 Å². The second kappa shape index (κ2) is 6.27. The van der Waals surface area contributed by atoms with Gasteiger partial charge in [0.1, 0.15) is 0 Å². The van der Waals surface area contributed by atoms with Crippen molar-refractivity contribution in [2.75, 3.05) is 18.8 Å². The summed E-state index contributed by atoms with van der Waals surface area (Å²) in [6, 6.07) is 0. The SMILES string of the molecule is CCS[C@H]1CCCCN(Cc2nnc(C3CC3)o2)C1. The molecule has 0 amide bonds. The second-order valence-corrected chi connectivity index (χ2v) is 7.19. The molecule has 1 aromatic rings. The van der Waals surface area contributed by atoms with Crippen molar-refractivity contribution in [3.8, 4) is 0 Å². The van der Waals surface area contributed by atoms with Gasteiger partial charge >= 0.3 is 0 Å². The van der Waals surface area contributed by atoms with Gasteiger partial charge in [-0.1, -0.05) is 13.3 Å². The average molecular weight is 281 g/mol. The smallest absolute Gasteiger partial charge is 0.230 e. The van der Waals surface area contributed by atoms with E-state index in [-0.39, 0.29) is 0 Å². The van der Waals surface area contributed by atoms with Crippen molar-refractivity contribution >= 4 is 11.8 Å². The minimum absolute atomic E-state index is 0.564. The Morgan fingerprint density at radius 3 is 2.95 bits per heavy atom. The fraction of sp³-hybridized carbons (Fsp3) is 0.857. The van der Waals surface area contributed by atoms with Crippen molar-refractivity contribution in [2.24, 2.45) is 0 Å². The van der Waals surface area contributed by atoms with E-state index in [0.29, 0.717) is 5.92 Å². The summed E-state index contributed by atoms with van der Waals surface area (Å²) in [4.78, 5) is 2.49. The minimum Gasteiger partial charge on any atom is -0.424 e. The number of aromatic nitrogens is 2. The van der Waals surface area contributed by atoms with E-state index in [1.54, 1.807) is 0 Å². The molecule has 0 bridgehead atoms. The third kappa shape index (κ3) is 3.72. The summed E-state index contributed by atoms with van der Waals surface area (Å²) in [7, 11) is 0. The van der Waals surface area contributed by atoms with E-state index in [4.69, 9.17) is 4.42 Å². The Kier molecular flexibility index (Phi) is 4.43. The predicted molar refractivity (Wildman–Crippen MR) is 77.3 cm³/mol. The molecule has 4 nitrogen and oxygen atoms in total. The van der Waals surface area contributed by atoms with E-state index < -0.39 is 0 Å². The molecule has 2 fully saturated rings. The molecule has 1 atom stereocenters. The van der Waals surface area contributed by atoms with Gasteiger partial charge in [-0.25, -0.2) is 0 Å². The highest BCUT2D eigenvalue weighted by atomic mass is 32.2. The van der Waals surface area contributed by atoms with Crippen LogP contribution in [0.4, 0.5) is 0 Å². The Morgan fingerprint density at radius 2 is 2.16 bits per heavy atom. The van der Waals surface area contributed by atoms with Gasteiger partial charge in [-0.15, -0.1) is 10.2 Å². The summed E-state index contributed by atoms with van der Waals surface area (Å²) < 4.78 is 5.78. The highest BCUT2D eigenvalue weighted by Crippen LogP contribution is 2.39. The van der Waals surface area contributed by atoms with Crippen LogP contribution in [0.15, 0.2) is 4.42 Å². The van der Waals surface area contributed by atoms with E-state index in [0.717, 1.165) is 23.6 Å². The van der Waals surface area contributed by atoms with Gasteiger partial charge in [-0.3, -0.25) is 4.90 Å². The summed E-state index contributed by atoms with van der Waals surface area (Å²) in [6.07, 6.45) is 6.45. The Morgan fingerprint density at radius 1 is 1.26 bits per heavy atom. The van der Waals surface area contributed by atoms with Crippen LogP contribution in [0.3, 0.4) is 0 Å². The molecule has 0 aromatic carbocycles. The third-order valence-corrected chi connectivity index (χ3v) is 5.07. The average Bonchev–Trinajstić information content (AvgIpc) is 3.18. The zero-order valence-corrected chi connectivity index (χ0v) is 12.5. The van der Waals surface area contributed by atoms with Crippen molar-refractivity contribution in [1.29, 1.82) is 0 Å². The minimum atomic E-state index is 0.564. The largest absolute Gasteiger partial charge is 0.424 e. The first-order valence-electron chi connectivity index (χ1n) is 7.51. The zero-order chi connectivity index (χ0) is 13.1. The van der Waals surface area contributed by atoms with Crippen LogP contribution < -0.4 is 0 Å². The Balaban J connectivity index is 1.56. The highest BCUT2D eigenvalue weighted by Gasteiger charge is 2.29. The summed E-state index contributed by atoms with van der Waals surface area (Å²) in [5.74, 6) is 3.45. The molecule has 1 aromatic heterocycles. The van der Waals surface area contributed by atoms with E-state index >= 15 is 0 Å². The van der Waals surface area contributed by atoms with E-state index in [2.05, 4.69) is 33.8 Å². The molecule has 1 saturated carbocycles. The lowest BCUT2D eigenvalue weighted by Gasteiger charge is -2.22. The molecule has 3 rings (SSSR count). The molecule has 0 spiro atoms. The van der Waals surface area contributed by atoms with Gasteiger partial charge in [0.15, 0.2) is 0 Å². The van der Waals surface area contributed by atoms with Crippen molar-refractivity contribution in [3.63, 3.8) is 0 Å². The Hall–Kier alpha value is -0.550. The van der Waals surface area contributed by atoms with Crippen LogP contribution in [0.5, 0.6) is 0 Å². The van der Waals surface area contributed by atoms with Gasteiger partial charge < -0.3 is 4.42 Å². The third-order valence-electron chi connectivity index (χ3n) is 3.88. The predicted octanol–water partition coefficient (Wildman–Crippen LogP) is 3.05. The van der Waals surface area contributed by atoms with E-state index in [1.807, 2.05) is 0 Å². The standard InChI is InChI=1S/C14H23N3OS/c1-2-19-12-5-3-4-8-17(9-12)10-13-15-16-14(18-13)11-6-7-11/h11-12H,2-10H2,1H3/t12-/m0/s1. The molecule has 1 aliphatic carbocycles. The molecule has 19 heavy (non-hydrogen) atoms. The fourth-order valence-corrected chi connectivity index (χ4v) is 3.83. The lowest BCUT2D eigenvalue weighted by Crippen LogP contribution is -2.29. The quantitative estimate of drug-likeness (QED) is 0.830. The maximum atomic E-state index is 5.78. The molecule has 0 unspecified atom stereocenters. The lowest BCUT2D eigenvalue weighted by molar-refractivity contribution is 0.247. The van der Waals surface area contributed by atoms with Crippen molar-refractivity contribution in [1.82, 2.24) is 15.1 Å². The monoisotopic (exact) mass is 281 g/mol. The van der Waals surface area contributed by atoms with Crippen LogP contribution in [0.25, 0.3) is 0 Å². The Bertz CT molecular complexity index is 405. The number of rotatable bonds is 5. The summed E-state index contributed by atoms with van der Waals surface area (Å²) in [5.41, 5.74) is 0. The highest BCUT2D eigenvalue weighted by molar-refractivity contribution is 7.99. The maximum absolute atomic E-state index is 5.78. The van der Waals surface area contributed by atoms with Crippen molar-refractivity contribution < 1.29 is 4.42 Å². The number of nitrogens with zero attached hydrogens (tertiary/aromatic N) is 3. The molecular weight excluding hydrogens is 258 g/mol. The van der Waals surface area contributed by atoms with Crippen LogP contribution in [0, 0.1) is 0 Å². The summed E-state index contributed by atoms with van der Waals surface area (Å²) in [5, 5.41) is 9.16. The molecular formula is C14H23N3OS. The second-order valence-electron chi connectivity index (χ2n) is 5.62. The molecule has 2 heterocycles. The molecule has 2 aliphatic rings. The van der Waals surface area contributed by atoms with Gasteiger partial charge in [0, 0.05) is 17.7 Å². The first kappa shape index (κ1) is 13.4. The van der Waals surface area contributed by atoms with Crippen LogP contribution in [0.2, 0.25) is 0 Å². The molecule has 1 saturated heterocycles. The topological polar surface area (TPSA) is 42.2 Å². The molecule has 0 radical (unpaired) electrons. The molecule has 5 heteroatoms. The number of likely N-dealkylation sites (tertiary alicyclic amines) is 1. The van der Waals surface area contributed by atoms with Crippen LogP contribution >= 0.6 is 11.8 Å². The van der Waals surface area contributed by atoms with Gasteiger partial charge in [0.2, 0.25) is 11.8 Å². The summed E-state index contributed by atoms with van der Waals surface area (Å²) in [6.45, 7) is 5.42. The van der Waals surface area contributed by atoms with Crippen LogP contribution in [-0.4, -0.2) is 39.2 Å². The number of thioether (sulfide) groups is 1. The first-order chi connectivity index (χ1) is 9.35. The maximum Gasteiger partial charge on any atom is 0.230 e. The van der Waals surface area contributed by atoms with E-state index in [1.165, 1.54) is 50.9 Å². The first-order valence-corrected chi connectivity index (χ1v) is 8.56. The van der Waals surface area contributed by atoms with Crippen molar-refractivity contribution in [2.45, 2.75) is 56.7 Å². The zero-order valence-electron chi connectivity index (χ0n) is 11.7. The molecule has 0 N–H and O–H groups in total. The van der Waals surface area contributed by atoms with Crippen molar-refractivity contribution in [3.05, 3.63) is 11.8 Å². The normalized spacial score (nSPS) is 25.4. The molecule has 106 valence electrons. The summed E-state index contributed by atoms with van der Waals surface area (Å²) >= 11 is 2.09. The van der Waals surface area contributed by atoms with Gasteiger partial charge in [-0.2, -0.15) is 11.8 Å². The van der Waals surface area contributed by atoms with Gasteiger partial charge in [0.25, 0.3) is 0 Å². The van der Waals surface area contributed by atoms with Gasteiger partial charge in [-0.05, 0) is 38.0 Å². The van der Waals surface area contributed by atoms with Crippen LogP contribution in [-0.2, 0) is 6.54 Å². The number of hydrogen-bond donors (Lipinski definition) is 0. The lowest BCUT2D eigenvalue weighted by atomic mass is 10.2. The fourth-order valence-electron chi connectivity index (χ4n) is 2.71.